The Bertz CT molecular complexity index is 326. The lowest BCUT2D eigenvalue weighted by Gasteiger charge is -2.25. The van der Waals surface area contributed by atoms with Gasteiger partial charge in [0.1, 0.15) is 12.2 Å². The fourth-order valence-electron chi connectivity index (χ4n) is 2.92. The summed E-state index contributed by atoms with van der Waals surface area (Å²) in [4.78, 5) is 4.33. The second kappa shape index (κ2) is 6.15. The third-order valence-corrected chi connectivity index (χ3v) is 4.05. The minimum absolute atomic E-state index is 0.552. The molecule has 0 aromatic carbocycles. The molecule has 0 spiro atoms. The lowest BCUT2D eigenvalue weighted by molar-refractivity contribution is 0.326. The van der Waals surface area contributed by atoms with Gasteiger partial charge in [-0.25, -0.2) is 4.98 Å². The van der Waals surface area contributed by atoms with E-state index in [9.17, 15) is 0 Å². The third kappa shape index (κ3) is 3.28. The first-order chi connectivity index (χ1) is 8.31. The second-order valence-corrected chi connectivity index (χ2v) is 5.15. The average Bonchev–Trinajstić information content (AvgIpc) is 2.58. The van der Waals surface area contributed by atoms with Crippen LogP contribution in [0, 0.1) is 5.92 Å². The molecule has 1 aliphatic rings. The summed E-state index contributed by atoms with van der Waals surface area (Å²) in [5, 5.41) is 7.63. The van der Waals surface area contributed by atoms with Gasteiger partial charge in [-0.05, 0) is 25.8 Å². The fraction of sp³-hybridized carbons (Fsp3) is 0.846. The van der Waals surface area contributed by atoms with Gasteiger partial charge in [0.05, 0.1) is 0 Å². The smallest absolute Gasteiger partial charge is 0.138 e. The van der Waals surface area contributed by atoms with E-state index in [1.54, 1.807) is 6.33 Å². The van der Waals surface area contributed by atoms with E-state index < -0.39 is 0 Å². The maximum atomic E-state index is 4.33. The molecule has 1 N–H and O–H groups in total. The fourth-order valence-corrected chi connectivity index (χ4v) is 2.92. The van der Waals surface area contributed by atoms with Crippen LogP contribution in [0.4, 0.5) is 0 Å². The summed E-state index contributed by atoms with van der Waals surface area (Å²) in [5.41, 5.74) is 0. The van der Waals surface area contributed by atoms with Crippen LogP contribution in [0.25, 0.3) is 0 Å². The number of hydrogen-bond donors (Lipinski definition) is 1. The first-order valence-electron chi connectivity index (χ1n) is 6.81. The highest BCUT2D eigenvalue weighted by Gasteiger charge is 2.22. The van der Waals surface area contributed by atoms with Gasteiger partial charge >= 0.3 is 0 Å². The van der Waals surface area contributed by atoms with Gasteiger partial charge in [0, 0.05) is 19.5 Å². The Balaban J connectivity index is 1.97. The van der Waals surface area contributed by atoms with Crippen LogP contribution in [0.1, 0.15) is 44.3 Å². The maximum Gasteiger partial charge on any atom is 0.138 e. The van der Waals surface area contributed by atoms with E-state index in [2.05, 4.69) is 22.4 Å². The Kier molecular flexibility index (Phi) is 4.54. The molecule has 2 rings (SSSR count). The molecule has 96 valence electrons. The predicted molar refractivity (Wildman–Crippen MR) is 68.7 cm³/mol. The molecule has 1 atom stereocenters. The quantitative estimate of drug-likeness (QED) is 0.812. The van der Waals surface area contributed by atoms with E-state index in [-0.39, 0.29) is 0 Å². The average molecular weight is 236 g/mol. The number of hydrogen-bond acceptors (Lipinski definition) is 3. The number of nitrogens with zero attached hydrogens (tertiary/aromatic N) is 3. The highest BCUT2D eigenvalue weighted by atomic mass is 15.3. The summed E-state index contributed by atoms with van der Waals surface area (Å²) in [7, 11) is 4.05. The SMILES string of the molecule is CNC(Cc1ncnn1C)C1CCCCCC1. The number of aryl methyl sites for hydroxylation is 1. The molecule has 4 nitrogen and oxygen atoms in total. The van der Waals surface area contributed by atoms with Gasteiger partial charge in [0.25, 0.3) is 0 Å². The van der Waals surface area contributed by atoms with Crippen molar-refractivity contribution in [1.29, 1.82) is 0 Å². The molecule has 1 saturated carbocycles. The molecule has 1 unspecified atom stereocenters. The van der Waals surface area contributed by atoms with Crippen LogP contribution >= 0.6 is 0 Å². The summed E-state index contributed by atoms with van der Waals surface area (Å²) in [6.45, 7) is 0. The molecule has 1 heterocycles. The van der Waals surface area contributed by atoms with E-state index in [4.69, 9.17) is 0 Å². The molecule has 1 aliphatic carbocycles. The predicted octanol–water partition coefficient (Wildman–Crippen LogP) is 1.92. The van der Waals surface area contributed by atoms with Crippen molar-refractivity contribution in [3.8, 4) is 0 Å². The standard InChI is InChI=1S/C13H24N4/c1-14-12(9-13-15-10-16-17(13)2)11-7-5-3-4-6-8-11/h10-12,14H,3-9H2,1-2H3. The summed E-state index contributed by atoms with van der Waals surface area (Å²) in [5.74, 6) is 1.90. The van der Waals surface area contributed by atoms with Crippen LogP contribution in [0.3, 0.4) is 0 Å². The van der Waals surface area contributed by atoms with Gasteiger partial charge in [-0.15, -0.1) is 0 Å². The highest BCUT2D eigenvalue weighted by Crippen LogP contribution is 2.26. The van der Waals surface area contributed by atoms with E-state index in [0.29, 0.717) is 6.04 Å². The first-order valence-corrected chi connectivity index (χ1v) is 6.81. The molecule has 0 amide bonds. The summed E-state index contributed by atoms with van der Waals surface area (Å²) in [6, 6.07) is 0.552. The van der Waals surface area contributed by atoms with Gasteiger partial charge < -0.3 is 5.32 Å². The molecule has 0 saturated heterocycles. The lowest BCUT2D eigenvalue weighted by Crippen LogP contribution is -2.36. The van der Waals surface area contributed by atoms with Crippen LogP contribution in [-0.2, 0) is 13.5 Å². The molecular formula is C13H24N4. The van der Waals surface area contributed by atoms with Gasteiger partial charge in [-0.3, -0.25) is 4.68 Å². The third-order valence-electron chi connectivity index (χ3n) is 4.05. The molecule has 0 radical (unpaired) electrons. The van der Waals surface area contributed by atoms with Crippen molar-refractivity contribution in [2.45, 2.75) is 51.0 Å². The number of aromatic nitrogens is 3. The van der Waals surface area contributed by atoms with E-state index in [0.717, 1.165) is 18.2 Å². The maximum absolute atomic E-state index is 4.33. The Labute approximate surface area is 104 Å². The number of nitrogens with one attached hydrogen (secondary N) is 1. The van der Waals surface area contributed by atoms with Crippen LogP contribution in [0.2, 0.25) is 0 Å². The van der Waals surface area contributed by atoms with E-state index in [1.807, 2.05) is 11.7 Å². The van der Waals surface area contributed by atoms with Gasteiger partial charge in [-0.1, -0.05) is 25.7 Å². The zero-order chi connectivity index (χ0) is 12.1. The van der Waals surface area contributed by atoms with Crippen molar-refractivity contribution >= 4 is 0 Å². The minimum atomic E-state index is 0.552. The molecular weight excluding hydrogens is 212 g/mol. The molecule has 4 heteroatoms. The molecule has 0 aliphatic heterocycles. The van der Waals surface area contributed by atoms with Gasteiger partial charge in [-0.2, -0.15) is 5.10 Å². The van der Waals surface area contributed by atoms with E-state index >= 15 is 0 Å². The normalized spacial score (nSPS) is 20.1. The summed E-state index contributed by atoms with van der Waals surface area (Å²) in [6.07, 6.45) is 11.0. The minimum Gasteiger partial charge on any atom is -0.316 e. The Hall–Kier alpha value is -0.900. The highest BCUT2D eigenvalue weighted by molar-refractivity contribution is 4.91. The molecule has 0 bridgehead atoms. The van der Waals surface area contributed by atoms with Crippen LogP contribution in [-0.4, -0.2) is 27.9 Å². The summed E-state index contributed by atoms with van der Waals surface area (Å²) < 4.78 is 1.89. The molecule has 17 heavy (non-hydrogen) atoms. The lowest BCUT2D eigenvalue weighted by atomic mass is 9.89. The first kappa shape index (κ1) is 12.6. The van der Waals surface area contributed by atoms with Crippen molar-refractivity contribution in [2.75, 3.05) is 7.05 Å². The van der Waals surface area contributed by atoms with Crippen molar-refractivity contribution in [1.82, 2.24) is 20.1 Å². The number of likely N-dealkylation sites (N-methyl/N-ethyl adjacent to an activating group) is 1. The van der Waals surface area contributed by atoms with Crippen LogP contribution < -0.4 is 5.32 Å². The summed E-state index contributed by atoms with van der Waals surface area (Å²) >= 11 is 0. The van der Waals surface area contributed by atoms with Crippen molar-refractivity contribution in [3.63, 3.8) is 0 Å². The molecule has 1 aromatic rings. The van der Waals surface area contributed by atoms with Crippen LogP contribution in [0.5, 0.6) is 0 Å². The monoisotopic (exact) mass is 236 g/mol. The second-order valence-electron chi connectivity index (χ2n) is 5.15. The largest absolute Gasteiger partial charge is 0.316 e. The van der Waals surface area contributed by atoms with Gasteiger partial charge in [0.2, 0.25) is 0 Å². The molecule has 1 aromatic heterocycles. The Morgan fingerprint density at radius 3 is 2.59 bits per heavy atom. The Morgan fingerprint density at radius 2 is 2.06 bits per heavy atom. The van der Waals surface area contributed by atoms with E-state index in [1.165, 1.54) is 38.5 Å². The van der Waals surface area contributed by atoms with Crippen molar-refractivity contribution < 1.29 is 0 Å². The number of rotatable bonds is 4. The van der Waals surface area contributed by atoms with Crippen LogP contribution in [0.15, 0.2) is 6.33 Å². The van der Waals surface area contributed by atoms with Gasteiger partial charge in [0.15, 0.2) is 0 Å². The van der Waals surface area contributed by atoms with Crippen molar-refractivity contribution in [3.05, 3.63) is 12.2 Å². The van der Waals surface area contributed by atoms with Crippen molar-refractivity contribution in [2.24, 2.45) is 13.0 Å². The zero-order valence-electron chi connectivity index (χ0n) is 11.0. The molecule has 1 fully saturated rings. The topological polar surface area (TPSA) is 42.7 Å². The zero-order valence-corrected chi connectivity index (χ0v) is 11.0. The Morgan fingerprint density at radius 1 is 1.35 bits per heavy atom.